The van der Waals surface area contributed by atoms with Gasteiger partial charge in [-0.1, -0.05) is 0 Å². The Morgan fingerprint density at radius 3 is 2.50 bits per heavy atom. The van der Waals surface area contributed by atoms with E-state index in [1.54, 1.807) is 24.3 Å². The van der Waals surface area contributed by atoms with Gasteiger partial charge >= 0.3 is 0 Å². The lowest BCUT2D eigenvalue weighted by atomic mass is 10.1. The highest BCUT2D eigenvalue weighted by Gasteiger charge is 2.14. The molecule has 9 heteroatoms. The predicted molar refractivity (Wildman–Crippen MR) is 112 cm³/mol. The highest BCUT2D eigenvalue weighted by Crippen LogP contribution is 2.27. The van der Waals surface area contributed by atoms with Crippen LogP contribution in [-0.4, -0.2) is 19.5 Å². The number of hydrogen-bond acceptors (Lipinski definition) is 4. The Morgan fingerprint density at radius 1 is 1.00 bits per heavy atom. The molecular formula is C23H15F3N4O2. The fourth-order valence-electron chi connectivity index (χ4n) is 3.59. The maximum Gasteiger partial charge on any atom is 0.280 e. The van der Waals surface area contributed by atoms with Crippen molar-refractivity contribution in [3.8, 4) is 11.5 Å². The molecule has 0 aliphatic heterocycles. The smallest absolute Gasteiger partial charge is 0.280 e. The summed E-state index contributed by atoms with van der Waals surface area (Å²) in [4.78, 5) is 23.6. The molecule has 0 aliphatic carbocycles. The number of nitrogens with zero attached hydrogens (tertiary/aromatic N) is 3. The van der Waals surface area contributed by atoms with Crippen LogP contribution in [0.15, 0.2) is 59.7 Å². The van der Waals surface area contributed by atoms with Crippen LogP contribution in [-0.2, 0) is 6.54 Å². The van der Waals surface area contributed by atoms with Gasteiger partial charge in [0.25, 0.3) is 5.56 Å². The summed E-state index contributed by atoms with van der Waals surface area (Å²) in [6, 6.07) is 11.3. The van der Waals surface area contributed by atoms with E-state index in [0.717, 1.165) is 16.9 Å². The van der Waals surface area contributed by atoms with Crippen molar-refractivity contribution in [1.82, 2.24) is 19.5 Å². The Bertz CT molecular complexity index is 1540. The van der Waals surface area contributed by atoms with Gasteiger partial charge in [0, 0.05) is 23.8 Å². The average molecular weight is 436 g/mol. The molecule has 1 N–H and O–H groups in total. The van der Waals surface area contributed by atoms with E-state index in [0.29, 0.717) is 29.1 Å². The molecule has 5 rings (SSSR count). The molecule has 0 bridgehead atoms. The number of halogens is 3. The molecule has 0 saturated carbocycles. The summed E-state index contributed by atoms with van der Waals surface area (Å²) >= 11 is 0. The number of nitrogens with one attached hydrogen (secondary N) is 1. The highest BCUT2D eigenvalue weighted by atomic mass is 19.1. The number of imidazole rings is 1. The molecule has 160 valence electrons. The second kappa shape index (κ2) is 7.52. The Hall–Kier alpha value is -4.14. The summed E-state index contributed by atoms with van der Waals surface area (Å²) < 4.78 is 48.7. The van der Waals surface area contributed by atoms with Gasteiger partial charge in [-0.3, -0.25) is 4.79 Å². The summed E-state index contributed by atoms with van der Waals surface area (Å²) in [5.74, 6) is -1.32. The van der Waals surface area contributed by atoms with Crippen molar-refractivity contribution in [1.29, 1.82) is 0 Å². The maximum atomic E-state index is 14.1. The highest BCUT2D eigenvalue weighted by molar-refractivity contribution is 5.80. The number of hydrogen-bond donors (Lipinski definition) is 1. The molecular weight excluding hydrogens is 421 g/mol. The summed E-state index contributed by atoms with van der Waals surface area (Å²) in [5, 5.41) is 0.214. The third-order valence-corrected chi connectivity index (χ3v) is 5.06. The number of aromatic amines is 1. The number of benzene rings is 3. The van der Waals surface area contributed by atoms with Crippen molar-refractivity contribution in [3.05, 3.63) is 94.1 Å². The van der Waals surface area contributed by atoms with Gasteiger partial charge in [0.05, 0.1) is 34.8 Å². The summed E-state index contributed by atoms with van der Waals surface area (Å²) in [6.45, 7) is 1.59. The molecule has 6 nitrogen and oxygen atoms in total. The van der Waals surface area contributed by atoms with Crippen LogP contribution in [0.2, 0.25) is 0 Å². The van der Waals surface area contributed by atoms with E-state index >= 15 is 0 Å². The standard InChI is InChI=1S/C23H15F3N4O2/c1-12-28-20-4-2-15(9-21(20)29-12)32-14-3-5-22-16(8-14)23(31)27-11-30(22)10-17-18(25)6-13(24)7-19(17)26/h2-9,11H,10H2,1H3,(H,28,29). The summed E-state index contributed by atoms with van der Waals surface area (Å²) in [5.41, 5.74) is 1.18. The van der Waals surface area contributed by atoms with Crippen LogP contribution in [0.3, 0.4) is 0 Å². The first-order valence-corrected chi connectivity index (χ1v) is 9.64. The topological polar surface area (TPSA) is 72.8 Å². The van der Waals surface area contributed by atoms with E-state index in [9.17, 15) is 18.0 Å². The largest absolute Gasteiger partial charge is 0.457 e. The van der Waals surface area contributed by atoms with E-state index in [1.807, 2.05) is 13.0 Å². The van der Waals surface area contributed by atoms with Crippen LogP contribution in [0.25, 0.3) is 21.9 Å². The lowest BCUT2D eigenvalue weighted by Crippen LogP contribution is -2.14. The van der Waals surface area contributed by atoms with Crippen molar-refractivity contribution in [2.45, 2.75) is 13.5 Å². The maximum absolute atomic E-state index is 14.1. The molecule has 3 aromatic carbocycles. The third-order valence-electron chi connectivity index (χ3n) is 5.06. The minimum atomic E-state index is -1.02. The van der Waals surface area contributed by atoms with Gasteiger partial charge in [-0.15, -0.1) is 0 Å². The Labute approximate surface area is 178 Å². The third kappa shape index (κ3) is 3.58. The predicted octanol–water partition coefficient (Wildman–Crippen LogP) is 4.84. The second-order valence-electron chi connectivity index (χ2n) is 7.31. The molecule has 32 heavy (non-hydrogen) atoms. The Morgan fingerprint density at radius 2 is 1.72 bits per heavy atom. The van der Waals surface area contributed by atoms with Gasteiger partial charge < -0.3 is 14.3 Å². The summed E-state index contributed by atoms with van der Waals surface area (Å²) in [7, 11) is 0. The zero-order chi connectivity index (χ0) is 22.4. The van der Waals surface area contributed by atoms with Crippen molar-refractivity contribution < 1.29 is 17.9 Å². The molecule has 2 aromatic heterocycles. The summed E-state index contributed by atoms with van der Waals surface area (Å²) in [6.07, 6.45) is 1.20. The van der Waals surface area contributed by atoms with E-state index in [-0.39, 0.29) is 17.5 Å². The molecule has 0 saturated heterocycles. The molecule has 0 unspecified atom stereocenters. The zero-order valence-corrected chi connectivity index (χ0v) is 16.7. The molecule has 0 aliphatic rings. The number of aryl methyl sites for hydroxylation is 1. The van der Waals surface area contributed by atoms with Gasteiger partial charge in [0.15, 0.2) is 0 Å². The molecule has 0 spiro atoms. The minimum absolute atomic E-state index is 0.214. The van der Waals surface area contributed by atoms with Gasteiger partial charge in [0.2, 0.25) is 0 Å². The first-order chi connectivity index (χ1) is 15.4. The molecule has 5 aromatic rings. The van der Waals surface area contributed by atoms with Crippen molar-refractivity contribution in [2.24, 2.45) is 0 Å². The SMILES string of the molecule is Cc1nc2ccc(Oc3ccc4c(c3)c(=O)ncn4Cc3c(F)cc(F)cc3F)cc2[nH]1. The van der Waals surface area contributed by atoms with Gasteiger partial charge in [-0.05, 0) is 37.3 Å². The lowest BCUT2D eigenvalue weighted by molar-refractivity contribution is 0.484. The molecule has 0 atom stereocenters. The minimum Gasteiger partial charge on any atom is -0.457 e. The van der Waals surface area contributed by atoms with Gasteiger partial charge in [-0.2, -0.15) is 4.98 Å². The molecule has 0 fully saturated rings. The quantitative estimate of drug-likeness (QED) is 0.438. The van der Waals surface area contributed by atoms with Crippen LogP contribution in [0.5, 0.6) is 11.5 Å². The fraction of sp³-hybridized carbons (Fsp3) is 0.0870. The fourth-order valence-corrected chi connectivity index (χ4v) is 3.59. The number of H-pyrrole nitrogens is 1. The molecule has 0 radical (unpaired) electrons. The zero-order valence-electron chi connectivity index (χ0n) is 16.7. The lowest BCUT2D eigenvalue weighted by Gasteiger charge is -2.13. The van der Waals surface area contributed by atoms with Crippen LogP contribution in [0.4, 0.5) is 13.2 Å². The van der Waals surface area contributed by atoms with Gasteiger partial charge in [-0.25, -0.2) is 18.2 Å². The van der Waals surface area contributed by atoms with Crippen molar-refractivity contribution >= 4 is 21.9 Å². The number of ether oxygens (including phenoxy) is 1. The number of rotatable bonds is 4. The first-order valence-electron chi connectivity index (χ1n) is 9.64. The number of fused-ring (bicyclic) bond motifs is 2. The van der Waals surface area contributed by atoms with E-state index in [4.69, 9.17) is 4.74 Å². The normalized spacial score (nSPS) is 11.4. The van der Waals surface area contributed by atoms with Crippen LogP contribution in [0, 0.1) is 24.4 Å². The second-order valence-corrected chi connectivity index (χ2v) is 7.31. The monoisotopic (exact) mass is 436 g/mol. The number of aromatic nitrogens is 4. The van der Waals surface area contributed by atoms with E-state index in [1.165, 1.54) is 17.0 Å². The van der Waals surface area contributed by atoms with E-state index < -0.39 is 23.0 Å². The van der Waals surface area contributed by atoms with E-state index in [2.05, 4.69) is 15.0 Å². The molecule has 2 heterocycles. The molecule has 0 amide bonds. The van der Waals surface area contributed by atoms with Crippen molar-refractivity contribution in [3.63, 3.8) is 0 Å². The average Bonchev–Trinajstić information content (AvgIpc) is 3.11. The van der Waals surface area contributed by atoms with Crippen LogP contribution < -0.4 is 10.3 Å². The Kier molecular flexibility index (Phi) is 4.66. The van der Waals surface area contributed by atoms with Gasteiger partial charge in [0.1, 0.15) is 34.8 Å². The van der Waals surface area contributed by atoms with Crippen LogP contribution >= 0.6 is 0 Å². The van der Waals surface area contributed by atoms with Crippen LogP contribution in [0.1, 0.15) is 11.4 Å². The Balaban J connectivity index is 1.51. The van der Waals surface area contributed by atoms with Crippen molar-refractivity contribution in [2.75, 3.05) is 0 Å². The first kappa shape index (κ1) is 19.8.